The summed E-state index contributed by atoms with van der Waals surface area (Å²) in [6, 6.07) is 7.94. The molecular weight excluding hydrogens is 367 g/mol. The predicted molar refractivity (Wildman–Crippen MR) is 98.3 cm³/mol. The van der Waals surface area contributed by atoms with E-state index in [2.05, 4.69) is 4.98 Å². The maximum atomic E-state index is 12.3. The summed E-state index contributed by atoms with van der Waals surface area (Å²) in [5.41, 5.74) is 0.207. The second-order valence-corrected chi connectivity index (χ2v) is 6.44. The number of carboxylic acids is 1. The highest BCUT2D eigenvalue weighted by molar-refractivity contribution is 6.41. The van der Waals surface area contributed by atoms with Crippen LogP contribution in [-0.2, 0) is 6.42 Å². The molecule has 4 N–H and O–H groups in total. The van der Waals surface area contributed by atoms with Crippen molar-refractivity contribution in [2.75, 3.05) is 13.1 Å². The lowest BCUT2D eigenvalue weighted by Gasteiger charge is -2.39. The maximum Gasteiger partial charge on any atom is 0.451 e. The van der Waals surface area contributed by atoms with Gasteiger partial charge in [-0.15, -0.1) is 0 Å². The van der Waals surface area contributed by atoms with Crippen LogP contribution in [0.2, 0.25) is 6.32 Å². The quantitative estimate of drug-likeness (QED) is 0.502. The molecule has 1 aliphatic rings. The van der Waals surface area contributed by atoms with Gasteiger partial charge in [-0.25, -0.2) is 4.79 Å². The zero-order valence-corrected chi connectivity index (χ0v) is 14.9. The molecule has 1 aliphatic heterocycles. The molecule has 9 nitrogen and oxygen atoms in total. The van der Waals surface area contributed by atoms with Gasteiger partial charge in [0.05, 0.1) is 13.1 Å². The van der Waals surface area contributed by atoms with E-state index in [1.54, 1.807) is 18.2 Å². The molecular formula is C18H19BN2O7. The summed E-state index contributed by atoms with van der Waals surface area (Å²) >= 11 is 0. The van der Waals surface area contributed by atoms with Gasteiger partial charge in [0.25, 0.3) is 5.91 Å². The fourth-order valence-electron chi connectivity index (χ4n) is 2.92. The molecule has 0 radical (unpaired) electrons. The molecule has 0 atom stereocenters. The van der Waals surface area contributed by atoms with E-state index in [0.717, 1.165) is 0 Å². The van der Waals surface area contributed by atoms with Crippen LogP contribution in [0.25, 0.3) is 0 Å². The molecule has 10 heteroatoms. The summed E-state index contributed by atoms with van der Waals surface area (Å²) in [6.45, 7) is 0.543. The summed E-state index contributed by atoms with van der Waals surface area (Å²) in [6.07, 6.45) is 1.18. The number of pyridine rings is 1. The number of nitrogens with zero attached hydrogens (tertiary/aromatic N) is 2. The Morgan fingerprint density at radius 3 is 2.57 bits per heavy atom. The number of aromatic hydroxyl groups is 1. The molecule has 2 aromatic rings. The number of benzene rings is 1. The lowest BCUT2D eigenvalue weighted by Crippen LogP contribution is -2.56. The fraction of sp³-hybridized carbons (Fsp3) is 0.278. The number of rotatable bonds is 7. The number of aryl methyl sites for hydroxylation is 1. The number of aromatic nitrogens is 1. The molecule has 1 amide bonds. The fourth-order valence-corrected chi connectivity index (χ4v) is 2.92. The summed E-state index contributed by atoms with van der Waals surface area (Å²) in [5.74, 6) is -2.07. The van der Waals surface area contributed by atoms with Gasteiger partial charge in [0.1, 0.15) is 28.9 Å². The van der Waals surface area contributed by atoms with E-state index in [0.29, 0.717) is 5.69 Å². The Balaban J connectivity index is 1.67. The van der Waals surface area contributed by atoms with E-state index in [4.69, 9.17) is 14.8 Å². The van der Waals surface area contributed by atoms with Crippen LogP contribution in [0, 0.1) is 0 Å². The van der Waals surface area contributed by atoms with E-state index >= 15 is 0 Å². The summed E-state index contributed by atoms with van der Waals surface area (Å²) in [4.78, 5) is 29.4. The smallest absolute Gasteiger partial charge is 0.451 e. The minimum absolute atomic E-state index is 0.00627. The Morgan fingerprint density at radius 1 is 1.21 bits per heavy atom. The zero-order valence-electron chi connectivity index (χ0n) is 14.9. The Labute approximate surface area is 161 Å². The molecule has 1 aromatic heterocycles. The van der Waals surface area contributed by atoms with Crippen molar-refractivity contribution in [3.8, 4) is 11.5 Å². The van der Waals surface area contributed by atoms with Crippen molar-refractivity contribution in [1.82, 2.24) is 9.88 Å². The maximum absolute atomic E-state index is 12.3. The Bertz CT molecular complexity index is 870. The molecule has 0 aliphatic carbocycles. The summed E-state index contributed by atoms with van der Waals surface area (Å²) in [7, 11) is -1.55. The third kappa shape index (κ3) is 4.24. The van der Waals surface area contributed by atoms with E-state index in [1.165, 1.54) is 23.2 Å². The Hall–Kier alpha value is -3.11. The van der Waals surface area contributed by atoms with Crippen LogP contribution in [0.3, 0.4) is 0 Å². The van der Waals surface area contributed by atoms with Crippen molar-refractivity contribution in [3.63, 3.8) is 0 Å². The third-order valence-electron chi connectivity index (χ3n) is 4.42. The van der Waals surface area contributed by atoms with Crippen LogP contribution in [-0.4, -0.2) is 68.3 Å². The molecule has 28 heavy (non-hydrogen) atoms. The number of ether oxygens (including phenoxy) is 1. The van der Waals surface area contributed by atoms with Crippen molar-refractivity contribution >= 4 is 19.0 Å². The molecule has 3 rings (SSSR count). The van der Waals surface area contributed by atoms with Crippen LogP contribution in [0.5, 0.6) is 11.5 Å². The topological polar surface area (TPSA) is 140 Å². The van der Waals surface area contributed by atoms with Gasteiger partial charge in [0, 0.05) is 6.20 Å². The molecule has 2 heterocycles. The first-order valence-corrected chi connectivity index (χ1v) is 8.68. The van der Waals surface area contributed by atoms with Crippen LogP contribution < -0.4 is 4.74 Å². The van der Waals surface area contributed by atoms with E-state index in [1.807, 2.05) is 0 Å². The molecule has 146 valence electrons. The van der Waals surface area contributed by atoms with Gasteiger partial charge < -0.3 is 29.9 Å². The number of carboxylic acid groups (broad SMARTS) is 1. The number of phenols is 1. The number of amides is 1. The van der Waals surface area contributed by atoms with Crippen molar-refractivity contribution in [1.29, 1.82) is 0 Å². The van der Waals surface area contributed by atoms with Gasteiger partial charge in [-0.2, -0.15) is 0 Å². The molecule has 1 fully saturated rings. The third-order valence-corrected chi connectivity index (χ3v) is 4.42. The highest BCUT2D eigenvalue weighted by Gasteiger charge is 2.34. The molecule has 1 aromatic carbocycles. The van der Waals surface area contributed by atoms with Gasteiger partial charge in [0.15, 0.2) is 0 Å². The molecule has 0 saturated carbocycles. The number of carbonyl (C=O) groups excluding carboxylic acids is 1. The zero-order chi connectivity index (χ0) is 20.3. The van der Waals surface area contributed by atoms with Gasteiger partial charge in [-0.3, -0.25) is 9.78 Å². The Kier molecular flexibility index (Phi) is 5.81. The first kappa shape index (κ1) is 19.7. The average molecular weight is 386 g/mol. The minimum atomic E-state index is -1.55. The van der Waals surface area contributed by atoms with Crippen LogP contribution in [0.1, 0.15) is 26.4 Å². The minimum Gasteiger partial charge on any atom is -0.507 e. The van der Waals surface area contributed by atoms with Gasteiger partial charge >= 0.3 is 13.1 Å². The summed E-state index contributed by atoms with van der Waals surface area (Å²) < 4.78 is 5.67. The number of carbonyl (C=O) groups is 2. The van der Waals surface area contributed by atoms with E-state index in [-0.39, 0.29) is 48.6 Å². The van der Waals surface area contributed by atoms with Crippen LogP contribution >= 0.6 is 0 Å². The molecule has 0 spiro atoms. The largest absolute Gasteiger partial charge is 0.507 e. The predicted octanol–water partition coefficient (Wildman–Crippen LogP) is 0.404. The second kappa shape index (κ2) is 8.28. The average Bonchev–Trinajstić information content (AvgIpc) is 2.63. The number of likely N-dealkylation sites (tertiary alicyclic amines) is 1. The molecule has 0 bridgehead atoms. The van der Waals surface area contributed by atoms with Crippen molar-refractivity contribution < 1.29 is 34.6 Å². The van der Waals surface area contributed by atoms with Crippen molar-refractivity contribution in [2.24, 2.45) is 0 Å². The normalized spacial score (nSPS) is 13.7. The standard InChI is InChI=1S/C18H19BN2O7/c22-16-11(6-7-19(26)27)4-5-14(15(16)18(24)25)28-12-9-21(10-12)17(23)13-3-1-2-8-20-13/h1-5,8,12,22,26-27H,6-7,9-10H2,(H,24,25). The van der Waals surface area contributed by atoms with E-state index in [9.17, 15) is 19.8 Å². The number of hydrogen-bond donors (Lipinski definition) is 4. The van der Waals surface area contributed by atoms with Gasteiger partial charge in [-0.05, 0) is 36.5 Å². The second-order valence-electron chi connectivity index (χ2n) is 6.44. The van der Waals surface area contributed by atoms with Crippen molar-refractivity contribution in [2.45, 2.75) is 18.8 Å². The molecule has 1 saturated heterocycles. The van der Waals surface area contributed by atoms with Crippen molar-refractivity contribution in [3.05, 3.63) is 53.3 Å². The number of aromatic carboxylic acids is 1. The molecule has 0 unspecified atom stereocenters. The van der Waals surface area contributed by atoms with Gasteiger partial charge in [-0.1, -0.05) is 12.1 Å². The highest BCUT2D eigenvalue weighted by atomic mass is 16.5. The summed E-state index contributed by atoms with van der Waals surface area (Å²) in [5, 5.41) is 37.6. The Morgan fingerprint density at radius 2 is 1.96 bits per heavy atom. The number of hydrogen-bond acceptors (Lipinski definition) is 7. The van der Waals surface area contributed by atoms with E-state index < -0.39 is 24.9 Å². The SMILES string of the molecule is O=C(O)c1c(OC2CN(C(=O)c3ccccn3)C2)ccc(CCB(O)O)c1O. The lowest BCUT2D eigenvalue weighted by atomic mass is 9.82. The van der Waals surface area contributed by atoms with Gasteiger partial charge in [0.2, 0.25) is 0 Å². The first-order chi connectivity index (χ1) is 13.4. The highest BCUT2D eigenvalue weighted by Crippen LogP contribution is 2.34. The lowest BCUT2D eigenvalue weighted by molar-refractivity contribution is 0.0164. The van der Waals surface area contributed by atoms with Crippen LogP contribution in [0.15, 0.2) is 36.5 Å². The first-order valence-electron chi connectivity index (χ1n) is 8.68. The monoisotopic (exact) mass is 386 g/mol. The van der Waals surface area contributed by atoms with Crippen LogP contribution in [0.4, 0.5) is 0 Å².